The van der Waals surface area contributed by atoms with Crippen LogP contribution >= 0.6 is 7.82 Å². The molecule has 0 aliphatic heterocycles. The second-order valence-corrected chi connectivity index (χ2v) is 26.9. The molecule has 0 saturated carbocycles. The quantitative estimate of drug-likeness (QED) is 0.0205. The lowest BCUT2D eigenvalue weighted by Crippen LogP contribution is -2.47. The van der Waals surface area contributed by atoms with Gasteiger partial charge in [0.2, 0.25) is 5.91 Å². The highest BCUT2D eigenvalue weighted by Gasteiger charge is 2.30. The van der Waals surface area contributed by atoms with Crippen LogP contribution in [0.3, 0.4) is 0 Å². The van der Waals surface area contributed by atoms with Gasteiger partial charge in [-0.2, -0.15) is 0 Å². The van der Waals surface area contributed by atoms with Crippen LogP contribution < -0.4 is 5.32 Å². The topological polar surface area (TPSA) is 111 Å². The number of nitrogens with one attached hydrogen (secondary N) is 1. The van der Waals surface area contributed by atoms with Crippen LogP contribution in [-0.4, -0.2) is 74.3 Å². The molecule has 0 bridgehead atoms. The minimum atomic E-state index is -4.45. The van der Waals surface area contributed by atoms with Crippen molar-refractivity contribution in [2.75, 3.05) is 40.9 Å². The van der Waals surface area contributed by atoms with Crippen LogP contribution in [0.1, 0.15) is 355 Å². The number of likely N-dealkylation sites (N-methyl/N-ethyl adjacent to an activating group) is 1. The molecule has 9 nitrogen and oxygen atoms in total. The summed E-state index contributed by atoms with van der Waals surface area (Å²) in [5.74, 6) is -0.484. The molecular formula is C71H138N2O7P+. The number of allylic oxidation sites excluding steroid dienone is 5. The maximum atomic E-state index is 13.6. The molecule has 0 aliphatic carbocycles. The zero-order valence-electron chi connectivity index (χ0n) is 54.8. The van der Waals surface area contributed by atoms with Gasteiger partial charge in [0.15, 0.2) is 0 Å². The van der Waals surface area contributed by atoms with Gasteiger partial charge in [0.1, 0.15) is 19.3 Å². The minimum Gasteiger partial charge on any atom is -0.456 e. The SMILES string of the molecule is CCCCC/C=C\C/C=C\CCCCCCCCCCCCCCCCCCCC(=O)OC(/C=C\CCCCCCCCCCCCC)C(COP(=O)(O)OCC[N+](C)(C)C)NC(=O)CCCCCCCCCCCCCCCCC. The number of hydrogen-bond acceptors (Lipinski definition) is 6. The number of carbonyl (C=O) groups excluding carboxylic acids is 2. The molecule has 81 heavy (non-hydrogen) atoms. The zero-order valence-corrected chi connectivity index (χ0v) is 55.7. The van der Waals surface area contributed by atoms with Gasteiger partial charge in [-0.05, 0) is 63.9 Å². The van der Waals surface area contributed by atoms with Crippen molar-refractivity contribution >= 4 is 19.7 Å². The number of esters is 1. The fourth-order valence-electron chi connectivity index (χ4n) is 10.6. The maximum absolute atomic E-state index is 13.6. The molecule has 0 saturated heterocycles. The van der Waals surface area contributed by atoms with Gasteiger partial charge in [-0.15, -0.1) is 0 Å². The Labute approximate surface area is 504 Å². The van der Waals surface area contributed by atoms with E-state index in [4.69, 9.17) is 13.8 Å². The number of carbonyl (C=O) groups is 2. The summed E-state index contributed by atoms with van der Waals surface area (Å²) in [6.07, 6.45) is 75.8. The Morgan fingerprint density at radius 1 is 0.432 bits per heavy atom. The van der Waals surface area contributed by atoms with Crippen LogP contribution in [0.15, 0.2) is 36.5 Å². The van der Waals surface area contributed by atoms with Crippen LogP contribution in [0.25, 0.3) is 0 Å². The summed E-state index contributed by atoms with van der Waals surface area (Å²) in [6.45, 7) is 7.05. The molecule has 0 heterocycles. The molecule has 0 aromatic rings. The van der Waals surface area contributed by atoms with Crippen molar-refractivity contribution in [1.82, 2.24) is 5.32 Å². The van der Waals surface area contributed by atoms with E-state index in [1.165, 1.54) is 257 Å². The molecular weight excluding hydrogens is 1020 g/mol. The smallest absolute Gasteiger partial charge is 0.456 e. The number of ether oxygens (including phenoxy) is 1. The van der Waals surface area contributed by atoms with E-state index in [0.717, 1.165) is 64.2 Å². The molecule has 3 atom stereocenters. The average Bonchev–Trinajstić information content (AvgIpc) is 3.44. The monoisotopic (exact) mass is 1160 g/mol. The molecule has 10 heteroatoms. The van der Waals surface area contributed by atoms with Crippen LogP contribution in [0.5, 0.6) is 0 Å². The van der Waals surface area contributed by atoms with Gasteiger partial charge in [-0.3, -0.25) is 18.6 Å². The van der Waals surface area contributed by atoms with Gasteiger partial charge >= 0.3 is 13.8 Å². The van der Waals surface area contributed by atoms with Crippen molar-refractivity contribution < 1.29 is 37.3 Å². The molecule has 0 aromatic carbocycles. The third kappa shape index (κ3) is 62.6. The predicted molar refractivity (Wildman–Crippen MR) is 351 cm³/mol. The van der Waals surface area contributed by atoms with E-state index in [1.807, 2.05) is 27.2 Å². The number of phosphoric ester groups is 1. The molecule has 0 rings (SSSR count). The second-order valence-electron chi connectivity index (χ2n) is 25.4. The van der Waals surface area contributed by atoms with Crippen LogP contribution in [0.2, 0.25) is 0 Å². The van der Waals surface area contributed by atoms with Crippen molar-refractivity contribution in [3.05, 3.63) is 36.5 Å². The second kappa shape index (κ2) is 61.3. The van der Waals surface area contributed by atoms with Crippen LogP contribution in [0, 0.1) is 0 Å². The van der Waals surface area contributed by atoms with E-state index in [2.05, 4.69) is 56.5 Å². The minimum absolute atomic E-state index is 0.0440. The highest BCUT2D eigenvalue weighted by Crippen LogP contribution is 2.43. The molecule has 478 valence electrons. The number of nitrogens with zero attached hydrogens (tertiary/aromatic N) is 1. The summed E-state index contributed by atoms with van der Waals surface area (Å²) in [4.78, 5) is 37.9. The van der Waals surface area contributed by atoms with Gasteiger partial charge < -0.3 is 19.4 Å². The van der Waals surface area contributed by atoms with E-state index >= 15 is 0 Å². The van der Waals surface area contributed by atoms with E-state index in [-0.39, 0.29) is 25.1 Å². The molecule has 1 amide bonds. The molecule has 2 N–H and O–H groups in total. The van der Waals surface area contributed by atoms with E-state index < -0.39 is 20.0 Å². The molecule has 0 spiro atoms. The summed E-state index contributed by atoms with van der Waals surface area (Å²) < 4.78 is 30.8. The molecule has 3 unspecified atom stereocenters. The van der Waals surface area contributed by atoms with Crippen molar-refractivity contribution in [2.45, 2.75) is 367 Å². The average molecular weight is 1160 g/mol. The van der Waals surface area contributed by atoms with Crippen LogP contribution in [-0.2, 0) is 27.9 Å². The number of rotatable bonds is 65. The summed E-state index contributed by atoms with van der Waals surface area (Å²) >= 11 is 0. The van der Waals surface area contributed by atoms with Crippen molar-refractivity contribution in [1.29, 1.82) is 0 Å². The number of hydrogen-bond donors (Lipinski definition) is 2. The lowest BCUT2D eigenvalue weighted by molar-refractivity contribution is -0.870. The van der Waals surface area contributed by atoms with Gasteiger partial charge in [0.25, 0.3) is 0 Å². The maximum Gasteiger partial charge on any atom is 0.472 e. The standard InChI is InChI=1S/C71H137N2O7P/c1-7-10-13-16-19-22-25-28-30-31-32-33-34-35-36-37-38-39-40-41-43-46-49-52-55-58-61-64-71(75)80-69(62-59-56-53-50-47-44-27-24-21-18-15-12-9-3)68(67-79-81(76,77)78-66-65-73(4,5)6)72-70(74)63-60-57-54-51-48-45-42-29-26-23-20-17-14-11-8-2/h19,22,28,30,59,62,68-69H,7-18,20-21,23-27,29,31-58,60-61,63-67H2,1-6H3,(H-,72,74,76,77)/p+1/b22-19-,30-28-,62-59-. The Kier molecular flexibility index (Phi) is 60.0. The summed E-state index contributed by atoms with van der Waals surface area (Å²) in [5, 5.41) is 3.07. The molecule has 0 aromatic heterocycles. The van der Waals surface area contributed by atoms with Crippen molar-refractivity contribution in [3.63, 3.8) is 0 Å². The number of unbranched alkanes of at least 4 members (excludes halogenated alkanes) is 45. The summed E-state index contributed by atoms with van der Waals surface area (Å²) in [6, 6.07) is -0.843. The fourth-order valence-corrected chi connectivity index (χ4v) is 11.4. The lowest BCUT2D eigenvalue weighted by Gasteiger charge is -2.27. The Balaban J connectivity index is 5.00. The summed E-state index contributed by atoms with van der Waals surface area (Å²) in [5.41, 5.74) is 0. The third-order valence-corrected chi connectivity index (χ3v) is 17.1. The first-order chi connectivity index (χ1) is 39.4. The number of phosphoric acid groups is 1. The van der Waals surface area contributed by atoms with E-state index in [9.17, 15) is 19.0 Å². The predicted octanol–water partition coefficient (Wildman–Crippen LogP) is 22.2. The fraction of sp³-hybridized carbons (Fsp3) is 0.887. The van der Waals surface area contributed by atoms with Crippen LogP contribution in [0.4, 0.5) is 0 Å². The number of amides is 1. The Hall–Kier alpha value is -1.77. The van der Waals surface area contributed by atoms with Crippen molar-refractivity contribution in [3.8, 4) is 0 Å². The Morgan fingerprint density at radius 2 is 0.753 bits per heavy atom. The van der Waals surface area contributed by atoms with Gasteiger partial charge in [-0.25, -0.2) is 4.57 Å². The molecule has 0 radical (unpaired) electrons. The molecule has 0 aliphatic rings. The highest BCUT2D eigenvalue weighted by atomic mass is 31.2. The number of quaternary nitrogens is 1. The van der Waals surface area contributed by atoms with E-state index in [1.54, 1.807) is 0 Å². The van der Waals surface area contributed by atoms with Gasteiger partial charge in [0, 0.05) is 12.8 Å². The van der Waals surface area contributed by atoms with Gasteiger partial charge in [0.05, 0.1) is 33.8 Å². The normalized spacial score (nSPS) is 13.7. The van der Waals surface area contributed by atoms with E-state index in [0.29, 0.717) is 23.9 Å². The van der Waals surface area contributed by atoms with Crippen molar-refractivity contribution in [2.24, 2.45) is 0 Å². The zero-order chi connectivity index (χ0) is 59.3. The Bertz CT molecular complexity index is 1480. The first kappa shape index (κ1) is 79.2. The highest BCUT2D eigenvalue weighted by molar-refractivity contribution is 7.47. The molecule has 0 fully saturated rings. The lowest BCUT2D eigenvalue weighted by atomic mass is 10.0. The first-order valence-electron chi connectivity index (χ1n) is 35.3. The van der Waals surface area contributed by atoms with Gasteiger partial charge in [-0.1, -0.05) is 314 Å². The largest absolute Gasteiger partial charge is 0.472 e. The third-order valence-electron chi connectivity index (χ3n) is 16.1. The summed E-state index contributed by atoms with van der Waals surface area (Å²) in [7, 11) is 1.52. The Morgan fingerprint density at radius 3 is 1.14 bits per heavy atom. The first-order valence-corrected chi connectivity index (χ1v) is 36.8.